The molecule has 0 radical (unpaired) electrons. The number of hydrogen-bond donors (Lipinski definition) is 0. The first-order chi connectivity index (χ1) is 14.4. The van der Waals surface area contributed by atoms with Crippen molar-refractivity contribution in [2.45, 2.75) is 63.8 Å². The number of hydrazone groups is 1. The van der Waals surface area contributed by atoms with Crippen LogP contribution in [-0.2, 0) is 15.7 Å². The van der Waals surface area contributed by atoms with Crippen LogP contribution in [0.15, 0.2) is 29.4 Å². The lowest BCUT2D eigenvalue weighted by Crippen LogP contribution is -2.57. The summed E-state index contributed by atoms with van der Waals surface area (Å²) >= 11 is 0. The van der Waals surface area contributed by atoms with Crippen LogP contribution in [-0.4, -0.2) is 59.9 Å². The average Bonchev–Trinajstić information content (AvgIpc) is 2.97. The van der Waals surface area contributed by atoms with Crippen LogP contribution in [0.3, 0.4) is 0 Å². The summed E-state index contributed by atoms with van der Waals surface area (Å²) in [6.07, 6.45) is -2.58. The summed E-state index contributed by atoms with van der Waals surface area (Å²) in [6.45, 7) is 7.39. The van der Waals surface area contributed by atoms with Crippen molar-refractivity contribution in [2.24, 2.45) is 10.5 Å². The van der Waals surface area contributed by atoms with Gasteiger partial charge in [-0.15, -0.1) is 0 Å². The topological polar surface area (TPSA) is 45.1 Å². The molecule has 170 valence electrons. The molecule has 3 aliphatic rings. The fourth-order valence-electron chi connectivity index (χ4n) is 5.25. The van der Waals surface area contributed by atoms with Crippen molar-refractivity contribution < 1.29 is 22.7 Å². The standard InChI is InChI=1S/C23H30F3N3O2/c1-21(2)13-18-22(3,14-31-21)19(27-28(18)4)20(30)29-11-9-15(10-12-29)16-7-5-6-8-17(16)23(24,25)26/h5-8,15,18H,9-14H2,1-4H3. The van der Waals surface area contributed by atoms with Gasteiger partial charge in [0.2, 0.25) is 0 Å². The minimum atomic E-state index is -4.37. The van der Waals surface area contributed by atoms with E-state index in [1.54, 1.807) is 17.0 Å². The zero-order chi connectivity index (χ0) is 22.6. The molecular weight excluding hydrogens is 407 g/mol. The molecule has 2 saturated heterocycles. The van der Waals surface area contributed by atoms with Gasteiger partial charge in [0.15, 0.2) is 0 Å². The quantitative estimate of drug-likeness (QED) is 0.694. The van der Waals surface area contributed by atoms with Gasteiger partial charge in [-0.25, -0.2) is 0 Å². The molecule has 2 fully saturated rings. The number of carbonyl (C=O) groups is 1. The Morgan fingerprint density at radius 2 is 1.81 bits per heavy atom. The van der Waals surface area contributed by atoms with E-state index in [1.165, 1.54) is 6.07 Å². The highest BCUT2D eigenvalue weighted by atomic mass is 19.4. The largest absolute Gasteiger partial charge is 0.416 e. The van der Waals surface area contributed by atoms with Crippen molar-refractivity contribution in [1.82, 2.24) is 9.91 Å². The highest BCUT2D eigenvalue weighted by Gasteiger charge is 2.55. The van der Waals surface area contributed by atoms with E-state index in [0.29, 0.717) is 43.8 Å². The van der Waals surface area contributed by atoms with Crippen molar-refractivity contribution >= 4 is 11.6 Å². The Morgan fingerprint density at radius 1 is 1.16 bits per heavy atom. The molecule has 3 heterocycles. The number of carbonyl (C=O) groups excluding carboxylic acids is 1. The maximum Gasteiger partial charge on any atom is 0.416 e. The molecular formula is C23H30F3N3O2. The van der Waals surface area contributed by atoms with Crippen LogP contribution in [0.1, 0.15) is 57.1 Å². The van der Waals surface area contributed by atoms with E-state index in [9.17, 15) is 18.0 Å². The van der Waals surface area contributed by atoms with E-state index in [0.717, 1.165) is 12.5 Å². The molecule has 8 heteroatoms. The number of piperidine rings is 1. The molecule has 5 nitrogen and oxygen atoms in total. The molecule has 4 rings (SSSR count). The Labute approximate surface area is 181 Å². The van der Waals surface area contributed by atoms with Crippen molar-refractivity contribution in [2.75, 3.05) is 26.7 Å². The first-order valence-corrected chi connectivity index (χ1v) is 10.8. The van der Waals surface area contributed by atoms with E-state index in [2.05, 4.69) is 5.10 Å². The third kappa shape index (κ3) is 3.95. The predicted octanol–water partition coefficient (Wildman–Crippen LogP) is 4.29. The SMILES string of the molecule is CN1N=C(C(=O)N2CCC(c3ccccc3C(F)(F)F)CC2)C2(C)COC(C)(C)CC12. The maximum absolute atomic E-state index is 13.4. The molecule has 0 spiro atoms. The van der Waals surface area contributed by atoms with Gasteiger partial charge in [-0.2, -0.15) is 18.3 Å². The number of rotatable bonds is 2. The summed E-state index contributed by atoms with van der Waals surface area (Å²) in [5.41, 5.74) is -0.490. The van der Waals surface area contributed by atoms with Gasteiger partial charge in [0.25, 0.3) is 5.91 Å². The lowest BCUT2D eigenvalue weighted by molar-refractivity contribution is -0.138. The van der Waals surface area contributed by atoms with E-state index in [4.69, 9.17) is 4.74 Å². The number of ether oxygens (including phenoxy) is 1. The molecule has 1 amide bonds. The fourth-order valence-corrected chi connectivity index (χ4v) is 5.25. The molecule has 3 aliphatic heterocycles. The summed E-state index contributed by atoms with van der Waals surface area (Å²) < 4.78 is 46.3. The van der Waals surface area contributed by atoms with E-state index in [1.807, 2.05) is 32.8 Å². The van der Waals surface area contributed by atoms with Gasteiger partial charge >= 0.3 is 6.18 Å². The minimum Gasteiger partial charge on any atom is -0.374 e. The number of amides is 1. The van der Waals surface area contributed by atoms with Gasteiger partial charge in [-0.3, -0.25) is 9.80 Å². The molecule has 0 N–H and O–H groups in total. The number of halogens is 3. The zero-order valence-corrected chi connectivity index (χ0v) is 18.5. The lowest BCUT2D eigenvalue weighted by atomic mass is 9.72. The third-order valence-corrected chi connectivity index (χ3v) is 7.12. The summed E-state index contributed by atoms with van der Waals surface area (Å²) in [4.78, 5) is 15.1. The fraction of sp³-hybridized carbons (Fsp3) is 0.652. The summed E-state index contributed by atoms with van der Waals surface area (Å²) in [5, 5.41) is 6.48. The van der Waals surface area contributed by atoms with Crippen LogP contribution in [0.5, 0.6) is 0 Å². The monoisotopic (exact) mass is 437 g/mol. The van der Waals surface area contributed by atoms with Crippen LogP contribution < -0.4 is 0 Å². The van der Waals surface area contributed by atoms with Crippen LogP contribution in [0.25, 0.3) is 0 Å². The smallest absolute Gasteiger partial charge is 0.374 e. The number of fused-ring (bicyclic) bond motifs is 1. The van der Waals surface area contributed by atoms with E-state index < -0.39 is 17.2 Å². The second-order valence-corrected chi connectivity index (χ2v) is 9.86. The Bertz CT molecular complexity index is 890. The predicted molar refractivity (Wildman–Crippen MR) is 112 cm³/mol. The van der Waals surface area contributed by atoms with Crippen LogP contribution in [0.2, 0.25) is 0 Å². The minimum absolute atomic E-state index is 0.0893. The molecule has 0 aromatic heterocycles. The molecule has 1 aromatic carbocycles. The molecule has 0 saturated carbocycles. The Kier molecular flexibility index (Phi) is 5.35. The van der Waals surface area contributed by atoms with Gasteiger partial charge < -0.3 is 9.64 Å². The van der Waals surface area contributed by atoms with Gasteiger partial charge in [-0.05, 0) is 57.6 Å². The van der Waals surface area contributed by atoms with Gasteiger partial charge in [-0.1, -0.05) is 18.2 Å². The number of benzene rings is 1. The molecule has 1 aromatic rings. The van der Waals surface area contributed by atoms with Gasteiger partial charge in [0.1, 0.15) is 5.71 Å². The first-order valence-electron chi connectivity index (χ1n) is 10.8. The second kappa shape index (κ2) is 7.50. The van der Waals surface area contributed by atoms with Crippen molar-refractivity contribution in [3.8, 4) is 0 Å². The van der Waals surface area contributed by atoms with Crippen molar-refractivity contribution in [3.05, 3.63) is 35.4 Å². The Balaban J connectivity index is 1.47. The summed E-state index contributed by atoms with van der Waals surface area (Å²) in [6, 6.07) is 5.86. The number of alkyl halides is 3. The van der Waals surface area contributed by atoms with E-state index in [-0.39, 0.29) is 23.5 Å². The normalized spacial score (nSPS) is 29.0. The molecule has 0 aliphatic carbocycles. The van der Waals surface area contributed by atoms with Crippen molar-refractivity contribution in [3.63, 3.8) is 0 Å². The molecule has 0 bridgehead atoms. The average molecular weight is 438 g/mol. The molecule has 2 unspecified atom stereocenters. The Morgan fingerprint density at radius 3 is 2.45 bits per heavy atom. The maximum atomic E-state index is 13.4. The van der Waals surface area contributed by atoms with Gasteiger partial charge in [0.05, 0.1) is 29.2 Å². The lowest BCUT2D eigenvalue weighted by Gasteiger charge is -2.45. The first kappa shape index (κ1) is 22.1. The number of likely N-dealkylation sites (tertiary alicyclic amines) is 1. The number of nitrogens with zero attached hydrogens (tertiary/aromatic N) is 3. The Hall–Kier alpha value is -2.09. The molecule has 31 heavy (non-hydrogen) atoms. The van der Waals surface area contributed by atoms with Gasteiger partial charge in [0, 0.05) is 20.1 Å². The van der Waals surface area contributed by atoms with Crippen LogP contribution in [0.4, 0.5) is 13.2 Å². The van der Waals surface area contributed by atoms with Crippen molar-refractivity contribution in [1.29, 1.82) is 0 Å². The second-order valence-electron chi connectivity index (χ2n) is 9.86. The van der Waals surface area contributed by atoms with Crippen LogP contribution in [0, 0.1) is 5.41 Å². The summed E-state index contributed by atoms with van der Waals surface area (Å²) in [5.74, 6) is -0.333. The number of hydrogen-bond acceptors (Lipinski definition) is 4. The zero-order valence-electron chi connectivity index (χ0n) is 18.5. The van der Waals surface area contributed by atoms with E-state index >= 15 is 0 Å². The summed E-state index contributed by atoms with van der Waals surface area (Å²) in [7, 11) is 1.89. The highest BCUT2D eigenvalue weighted by Crippen LogP contribution is 2.44. The van der Waals surface area contributed by atoms with Crippen LogP contribution >= 0.6 is 0 Å². The molecule has 2 atom stereocenters. The third-order valence-electron chi connectivity index (χ3n) is 7.12. The highest BCUT2D eigenvalue weighted by molar-refractivity contribution is 6.41.